The van der Waals surface area contributed by atoms with Gasteiger partial charge in [0, 0.05) is 36.7 Å². The predicted molar refractivity (Wildman–Crippen MR) is 150 cm³/mol. The monoisotopic (exact) mass is 506 g/mol. The summed E-state index contributed by atoms with van der Waals surface area (Å²) in [5.74, 6) is -0.672. The maximum Gasteiger partial charge on any atom is 0.328 e. The summed E-state index contributed by atoms with van der Waals surface area (Å²) in [6.45, 7) is 2.42. The van der Waals surface area contributed by atoms with Crippen LogP contribution in [0.15, 0.2) is 59.4 Å². The van der Waals surface area contributed by atoms with E-state index in [0.29, 0.717) is 28.4 Å². The number of aryl methyl sites for hydroxylation is 2. The van der Waals surface area contributed by atoms with Crippen molar-refractivity contribution in [3.63, 3.8) is 0 Å². The normalized spacial score (nSPS) is 20.1. The maximum atomic E-state index is 13.8. The summed E-state index contributed by atoms with van der Waals surface area (Å²) in [4.78, 5) is 43.9. The molecular formula is C31H30N4O3. The van der Waals surface area contributed by atoms with E-state index in [4.69, 9.17) is 0 Å². The Morgan fingerprint density at radius 1 is 0.789 bits per heavy atom. The predicted octanol–water partition coefficient (Wildman–Crippen LogP) is 4.86. The Balaban J connectivity index is 1.29. The number of allylic oxidation sites excluding steroid dienone is 1. The van der Waals surface area contributed by atoms with Crippen LogP contribution in [0.5, 0.6) is 0 Å². The first kappa shape index (κ1) is 23.2. The van der Waals surface area contributed by atoms with Crippen LogP contribution in [-0.2, 0) is 14.1 Å². The van der Waals surface area contributed by atoms with Gasteiger partial charge in [-0.05, 0) is 92.0 Å². The molecular weight excluding hydrogens is 476 g/mol. The summed E-state index contributed by atoms with van der Waals surface area (Å²) in [7, 11) is 3.41. The number of benzene rings is 3. The van der Waals surface area contributed by atoms with E-state index in [1.54, 1.807) is 36.9 Å². The number of carbonyl (C=O) groups is 2. The van der Waals surface area contributed by atoms with Crippen molar-refractivity contribution in [1.82, 2.24) is 14.0 Å². The van der Waals surface area contributed by atoms with Crippen molar-refractivity contribution >= 4 is 44.9 Å². The quantitative estimate of drug-likeness (QED) is 0.372. The molecule has 0 bridgehead atoms. The molecule has 1 saturated heterocycles. The topological polar surface area (TPSA) is 67.6 Å². The Hall–Kier alpha value is -3.97. The van der Waals surface area contributed by atoms with Crippen LogP contribution < -0.4 is 10.6 Å². The molecule has 4 aromatic rings. The van der Waals surface area contributed by atoms with Gasteiger partial charge in [0.1, 0.15) is 0 Å². The van der Waals surface area contributed by atoms with E-state index in [1.807, 2.05) is 24.3 Å². The van der Waals surface area contributed by atoms with E-state index in [-0.39, 0.29) is 17.5 Å². The lowest BCUT2D eigenvalue weighted by Gasteiger charge is -2.31. The van der Waals surface area contributed by atoms with Crippen LogP contribution in [0.3, 0.4) is 0 Å². The summed E-state index contributed by atoms with van der Waals surface area (Å²) in [6, 6.07) is 15.6. The van der Waals surface area contributed by atoms with Crippen molar-refractivity contribution in [2.24, 2.45) is 14.1 Å². The summed E-state index contributed by atoms with van der Waals surface area (Å²) in [5.41, 5.74) is 5.23. The Kier molecular flexibility index (Phi) is 5.20. The number of hydrogen-bond donors (Lipinski definition) is 0. The molecule has 3 heterocycles. The SMILES string of the molecule is Cn1c(=O)n(C)c2cc(N3C(=O)c4cccc5c(C6=CCC(N7CCCC7)CC6)ccc(c45)C3=O)ccc21. The third kappa shape index (κ3) is 3.28. The lowest BCUT2D eigenvalue weighted by Crippen LogP contribution is -2.40. The number of aromatic nitrogens is 2. The van der Waals surface area contributed by atoms with Crippen LogP contribution in [0, 0.1) is 0 Å². The minimum atomic E-state index is -0.336. The number of imide groups is 1. The highest BCUT2D eigenvalue weighted by Crippen LogP contribution is 2.39. The fourth-order valence-electron chi connectivity index (χ4n) is 6.75. The second-order valence-electron chi connectivity index (χ2n) is 10.8. The molecule has 192 valence electrons. The van der Waals surface area contributed by atoms with E-state index >= 15 is 0 Å². The van der Waals surface area contributed by atoms with Gasteiger partial charge in [-0.3, -0.25) is 18.7 Å². The molecule has 0 radical (unpaired) electrons. The number of likely N-dealkylation sites (tertiary alicyclic amines) is 1. The molecule has 0 spiro atoms. The van der Waals surface area contributed by atoms with Crippen molar-refractivity contribution in [3.05, 3.63) is 81.8 Å². The fraction of sp³-hybridized carbons (Fsp3) is 0.323. The molecule has 0 N–H and O–H groups in total. The molecule has 7 nitrogen and oxygen atoms in total. The Morgan fingerprint density at radius 2 is 1.50 bits per heavy atom. The van der Waals surface area contributed by atoms with Crippen molar-refractivity contribution in [2.45, 2.75) is 38.1 Å². The molecule has 1 aliphatic carbocycles. The molecule has 1 atom stereocenters. The number of amides is 2. The fourth-order valence-corrected chi connectivity index (χ4v) is 6.75. The molecule has 2 amide bonds. The average Bonchev–Trinajstić information content (AvgIpc) is 3.56. The first-order valence-electron chi connectivity index (χ1n) is 13.5. The zero-order valence-electron chi connectivity index (χ0n) is 21.7. The van der Waals surface area contributed by atoms with E-state index in [1.165, 1.54) is 41.0 Å². The van der Waals surface area contributed by atoms with Gasteiger partial charge in [-0.25, -0.2) is 9.69 Å². The van der Waals surface area contributed by atoms with Crippen LogP contribution in [-0.4, -0.2) is 45.0 Å². The molecule has 7 rings (SSSR count). The second-order valence-corrected chi connectivity index (χ2v) is 10.8. The van der Waals surface area contributed by atoms with Gasteiger partial charge in [0.15, 0.2) is 0 Å². The third-order valence-corrected chi connectivity index (χ3v) is 8.81. The average molecular weight is 507 g/mol. The Bertz CT molecular complexity index is 1730. The molecule has 1 fully saturated rings. The zero-order chi connectivity index (χ0) is 26.1. The van der Waals surface area contributed by atoms with Crippen LogP contribution in [0.1, 0.15) is 58.4 Å². The van der Waals surface area contributed by atoms with Gasteiger partial charge in [0.05, 0.1) is 16.7 Å². The van der Waals surface area contributed by atoms with Crippen LogP contribution in [0.2, 0.25) is 0 Å². The van der Waals surface area contributed by atoms with Gasteiger partial charge in [0.25, 0.3) is 11.8 Å². The molecule has 3 aromatic carbocycles. The second kappa shape index (κ2) is 8.53. The van der Waals surface area contributed by atoms with Crippen LogP contribution in [0.4, 0.5) is 5.69 Å². The number of carbonyl (C=O) groups excluding carboxylic acids is 2. The lowest BCUT2D eigenvalue weighted by atomic mass is 9.84. The molecule has 2 aliphatic heterocycles. The van der Waals surface area contributed by atoms with Gasteiger partial charge in [-0.2, -0.15) is 0 Å². The summed E-state index contributed by atoms with van der Waals surface area (Å²) in [6.07, 6.45) is 8.17. The third-order valence-electron chi connectivity index (χ3n) is 8.81. The van der Waals surface area contributed by atoms with Gasteiger partial charge in [0.2, 0.25) is 0 Å². The number of fused-ring (bicyclic) bond motifs is 1. The van der Waals surface area contributed by atoms with Gasteiger partial charge in [-0.1, -0.05) is 24.3 Å². The Labute approximate surface area is 220 Å². The van der Waals surface area contributed by atoms with E-state index in [0.717, 1.165) is 41.1 Å². The highest BCUT2D eigenvalue weighted by atomic mass is 16.2. The highest BCUT2D eigenvalue weighted by Gasteiger charge is 2.35. The van der Waals surface area contributed by atoms with Crippen molar-refractivity contribution in [1.29, 1.82) is 0 Å². The number of hydrogen-bond acceptors (Lipinski definition) is 4. The van der Waals surface area contributed by atoms with E-state index in [2.05, 4.69) is 17.0 Å². The van der Waals surface area contributed by atoms with Gasteiger partial charge < -0.3 is 4.90 Å². The molecule has 0 saturated carbocycles. The minimum absolute atomic E-state index is 0.153. The molecule has 1 aromatic heterocycles. The van der Waals surface area contributed by atoms with Crippen LogP contribution in [0.25, 0.3) is 27.4 Å². The lowest BCUT2D eigenvalue weighted by molar-refractivity contribution is 0.0893. The van der Waals surface area contributed by atoms with Crippen molar-refractivity contribution in [2.75, 3.05) is 18.0 Å². The largest absolute Gasteiger partial charge is 0.328 e. The standard InChI is InChI=1S/C31H30N4O3/c1-32-26-15-12-21(18-27(26)33(2)31(32)38)35-29(36)24-7-5-6-23-22(13-14-25(28(23)24)30(35)37)19-8-10-20(11-9-19)34-16-3-4-17-34/h5-8,12-15,18,20H,3-4,9-11,16-17H2,1-2H3. The molecule has 38 heavy (non-hydrogen) atoms. The summed E-state index contributed by atoms with van der Waals surface area (Å²) >= 11 is 0. The van der Waals surface area contributed by atoms with Crippen molar-refractivity contribution < 1.29 is 9.59 Å². The van der Waals surface area contributed by atoms with Gasteiger partial charge >= 0.3 is 5.69 Å². The minimum Gasteiger partial charge on any atom is -0.300 e. The number of nitrogens with zero attached hydrogens (tertiary/aromatic N) is 4. The van der Waals surface area contributed by atoms with Gasteiger partial charge in [-0.15, -0.1) is 0 Å². The maximum absolute atomic E-state index is 13.8. The number of rotatable bonds is 3. The molecule has 1 unspecified atom stereocenters. The Morgan fingerprint density at radius 3 is 2.24 bits per heavy atom. The summed E-state index contributed by atoms with van der Waals surface area (Å²) in [5, 5.41) is 1.71. The molecule has 3 aliphatic rings. The van der Waals surface area contributed by atoms with Crippen LogP contribution >= 0.6 is 0 Å². The summed E-state index contributed by atoms with van der Waals surface area (Å²) < 4.78 is 3.09. The number of imidazole rings is 1. The van der Waals surface area contributed by atoms with E-state index < -0.39 is 0 Å². The first-order chi connectivity index (χ1) is 18.4. The molecule has 7 heteroatoms. The number of anilines is 1. The highest BCUT2D eigenvalue weighted by molar-refractivity contribution is 6.36. The zero-order valence-corrected chi connectivity index (χ0v) is 21.7. The smallest absolute Gasteiger partial charge is 0.300 e. The van der Waals surface area contributed by atoms with E-state index in [9.17, 15) is 14.4 Å². The first-order valence-corrected chi connectivity index (χ1v) is 13.5. The van der Waals surface area contributed by atoms with Crippen molar-refractivity contribution in [3.8, 4) is 0 Å².